The van der Waals surface area contributed by atoms with Gasteiger partial charge in [0.05, 0.1) is 0 Å². The van der Waals surface area contributed by atoms with Crippen molar-refractivity contribution in [1.82, 2.24) is 16.0 Å². The minimum absolute atomic E-state index is 0.00398. The van der Waals surface area contributed by atoms with Crippen LogP contribution in [0.2, 0.25) is 0 Å². The Bertz CT molecular complexity index is 232. The first kappa shape index (κ1) is 10.7. The lowest BCUT2D eigenvalue weighted by Gasteiger charge is -2.34. The lowest BCUT2D eigenvalue weighted by atomic mass is 9.83. The van der Waals surface area contributed by atoms with Gasteiger partial charge < -0.3 is 16.0 Å². The number of hydrogen-bond donors (Lipinski definition) is 3. The molecule has 1 aliphatic heterocycles. The summed E-state index contributed by atoms with van der Waals surface area (Å²) in [6.45, 7) is 5.13. The number of nitrogens with one attached hydrogen (secondary N) is 3. The van der Waals surface area contributed by atoms with E-state index in [1.165, 1.54) is 12.8 Å². The standard InChI is InChI=1S/C11H21N3O/c1-11(5-2-6-12-7-11)8-13-10(15)14-9-3-4-9/h9,12H,2-8H2,1H3,(H2,13,14,15). The molecule has 1 unspecified atom stereocenters. The Morgan fingerprint density at radius 1 is 1.53 bits per heavy atom. The zero-order valence-electron chi connectivity index (χ0n) is 9.44. The van der Waals surface area contributed by atoms with Crippen LogP contribution in [0.15, 0.2) is 0 Å². The number of amides is 2. The summed E-state index contributed by atoms with van der Waals surface area (Å²) in [4.78, 5) is 11.4. The van der Waals surface area contributed by atoms with E-state index in [0.29, 0.717) is 6.04 Å². The summed E-state index contributed by atoms with van der Waals surface area (Å²) in [6.07, 6.45) is 4.70. The van der Waals surface area contributed by atoms with E-state index in [0.717, 1.165) is 32.5 Å². The minimum Gasteiger partial charge on any atom is -0.338 e. The Balaban J connectivity index is 1.68. The van der Waals surface area contributed by atoms with Crippen molar-refractivity contribution in [3.05, 3.63) is 0 Å². The second kappa shape index (κ2) is 4.39. The van der Waals surface area contributed by atoms with E-state index >= 15 is 0 Å². The molecule has 86 valence electrons. The molecule has 4 nitrogen and oxygen atoms in total. The topological polar surface area (TPSA) is 53.2 Å². The van der Waals surface area contributed by atoms with Gasteiger partial charge in [-0.05, 0) is 37.6 Å². The highest BCUT2D eigenvalue weighted by atomic mass is 16.2. The smallest absolute Gasteiger partial charge is 0.315 e. The summed E-state index contributed by atoms with van der Waals surface area (Å²) in [6, 6.07) is 0.451. The fourth-order valence-electron chi connectivity index (χ4n) is 2.03. The lowest BCUT2D eigenvalue weighted by molar-refractivity contribution is 0.211. The number of piperidine rings is 1. The van der Waals surface area contributed by atoms with Gasteiger partial charge in [-0.2, -0.15) is 0 Å². The number of carbonyl (C=O) groups excluding carboxylic acids is 1. The Labute approximate surface area is 91.2 Å². The molecular formula is C11H21N3O. The molecule has 2 fully saturated rings. The van der Waals surface area contributed by atoms with Crippen LogP contribution in [0.25, 0.3) is 0 Å². The van der Waals surface area contributed by atoms with Gasteiger partial charge in [0, 0.05) is 19.1 Å². The Kier molecular flexibility index (Phi) is 3.14. The molecule has 0 bridgehead atoms. The minimum atomic E-state index is 0.00398. The van der Waals surface area contributed by atoms with Crippen LogP contribution in [0, 0.1) is 5.41 Å². The van der Waals surface area contributed by atoms with Gasteiger partial charge in [0.15, 0.2) is 0 Å². The van der Waals surface area contributed by atoms with Gasteiger partial charge in [0.2, 0.25) is 0 Å². The second-order valence-corrected chi connectivity index (χ2v) is 5.19. The normalized spacial score (nSPS) is 31.0. The molecule has 0 aromatic heterocycles. The van der Waals surface area contributed by atoms with Gasteiger partial charge in [-0.15, -0.1) is 0 Å². The molecule has 2 aliphatic rings. The molecule has 0 aromatic carbocycles. The number of urea groups is 1. The van der Waals surface area contributed by atoms with Crippen LogP contribution in [0.5, 0.6) is 0 Å². The average Bonchev–Trinajstić information content (AvgIpc) is 3.00. The van der Waals surface area contributed by atoms with Crippen molar-refractivity contribution >= 4 is 6.03 Å². The van der Waals surface area contributed by atoms with E-state index in [1.807, 2.05) is 0 Å². The maximum Gasteiger partial charge on any atom is 0.315 e. The molecule has 1 saturated carbocycles. The second-order valence-electron chi connectivity index (χ2n) is 5.19. The maximum absolute atomic E-state index is 11.4. The van der Waals surface area contributed by atoms with Gasteiger partial charge in [-0.1, -0.05) is 6.92 Å². The number of rotatable bonds is 3. The quantitative estimate of drug-likeness (QED) is 0.648. The number of carbonyl (C=O) groups is 1. The van der Waals surface area contributed by atoms with Gasteiger partial charge >= 0.3 is 6.03 Å². The Morgan fingerprint density at radius 2 is 2.33 bits per heavy atom. The molecule has 3 N–H and O–H groups in total. The van der Waals surface area contributed by atoms with Crippen molar-refractivity contribution in [2.75, 3.05) is 19.6 Å². The molecule has 2 amide bonds. The van der Waals surface area contributed by atoms with Crippen LogP contribution >= 0.6 is 0 Å². The third kappa shape index (κ3) is 3.38. The molecule has 0 spiro atoms. The molecule has 0 radical (unpaired) electrons. The molecule has 0 aromatic rings. The highest BCUT2D eigenvalue weighted by Gasteiger charge is 2.28. The molecule has 2 rings (SSSR count). The van der Waals surface area contributed by atoms with Gasteiger partial charge in [-0.3, -0.25) is 0 Å². The SMILES string of the molecule is CC1(CNC(=O)NC2CC2)CCCNC1. The summed E-state index contributed by atoms with van der Waals surface area (Å²) in [5, 5.41) is 9.29. The third-order valence-electron chi connectivity index (χ3n) is 3.27. The molecule has 4 heteroatoms. The summed E-state index contributed by atoms with van der Waals surface area (Å²) in [7, 11) is 0. The molecule has 1 saturated heterocycles. The van der Waals surface area contributed by atoms with Crippen LogP contribution in [0.4, 0.5) is 4.79 Å². The van der Waals surface area contributed by atoms with E-state index in [4.69, 9.17) is 0 Å². The van der Waals surface area contributed by atoms with Crippen molar-refractivity contribution in [3.8, 4) is 0 Å². The number of hydrogen-bond acceptors (Lipinski definition) is 2. The molecule has 1 atom stereocenters. The fourth-order valence-corrected chi connectivity index (χ4v) is 2.03. The average molecular weight is 211 g/mol. The first-order chi connectivity index (χ1) is 7.18. The highest BCUT2D eigenvalue weighted by Crippen LogP contribution is 2.24. The first-order valence-corrected chi connectivity index (χ1v) is 5.93. The first-order valence-electron chi connectivity index (χ1n) is 5.93. The van der Waals surface area contributed by atoms with E-state index in [-0.39, 0.29) is 11.4 Å². The van der Waals surface area contributed by atoms with E-state index in [9.17, 15) is 4.79 Å². The molecule has 1 heterocycles. The van der Waals surface area contributed by atoms with Crippen molar-refractivity contribution < 1.29 is 4.79 Å². The Hall–Kier alpha value is -0.770. The van der Waals surface area contributed by atoms with Gasteiger partial charge in [-0.25, -0.2) is 4.79 Å². The van der Waals surface area contributed by atoms with Crippen LogP contribution in [0.1, 0.15) is 32.6 Å². The van der Waals surface area contributed by atoms with Crippen LogP contribution in [-0.2, 0) is 0 Å². The predicted octanol–water partition coefficient (Wildman–Crippen LogP) is 0.838. The van der Waals surface area contributed by atoms with Crippen LogP contribution in [0.3, 0.4) is 0 Å². The Morgan fingerprint density at radius 3 is 2.93 bits per heavy atom. The van der Waals surface area contributed by atoms with Crippen molar-refractivity contribution in [3.63, 3.8) is 0 Å². The van der Waals surface area contributed by atoms with Gasteiger partial charge in [0.1, 0.15) is 0 Å². The largest absolute Gasteiger partial charge is 0.338 e. The van der Waals surface area contributed by atoms with E-state index < -0.39 is 0 Å². The maximum atomic E-state index is 11.4. The van der Waals surface area contributed by atoms with Crippen LogP contribution < -0.4 is 16.0 Å². The van der Waals surface area contributed by atoms with Gasteiger partial charge in [0.25, 0.3) is 0 Å². The van der Waals surface area contributed by atoms with Crippen LogP contribution in [-0.4, -0.2) is 31.7 Å². The van der Waals surface area contributed by atoms with E-state index in [2.05, 4.69) is 22.9 Å². The summed E-state index contributed by atoms with van der Waals surface area (Å²) in [5.41, 5.74) is 0.235. The summed E-state index contributed by atoms with van der Waals surface area (Å²) < 4.78 is 0. The highest BCUT2D eigenvalue weighted by molar-refractivity contribution is 5.74. The van der Waals surface area contributed by atoms with E-state index in [1.54, 1.807) is 0 Å². The third-order valence-corrected chi connectivity index (χ3v) is 3.27. The monoisotopic (exact) mass is 211 g/mol. The predicted molar refractivity (Wildman–Crippen MR) is 59.8 cm³/mol. The van der Waals surface area contributed by atoms with Crippen molar-refractivity contribution in [2.24, 2.45) is 5.41 Å². The van der Waals surface area contributed by atoms with Crippen molar-refractivity contribution in [1.29, 1.82) is 0 Å². The fraction of sp³-hybridized carbons (Fsp3) is 0.909. The zero-order valence-corrected chi connectivity index (χ0v) is 9.44. The van der Waals surface area contributed by atoms with Crippen molar-refractivity contribution in [2.45, 2.75) is 38.6 Å². The summed E-state index contributed by atoms with van der Waals surface area (Å²) in [5.74, 6) is 0. The molecule has 1 aliphatic carbocycles. The lowest BCUT2D eigenvalue weighted by Crippen LogP contribution is -2.48. The zero-order chi connectivity index (χ0) is 10.7. The summed E-state index contributed by atoms with van der Waals surface area (Å²) >= 11 is 0. The molecular weight excluding hydrogens is 190 g/mol. The molecule has 15 heavy (non-hydrogen) atoms.